The summed E-state index contributed by atoms with van der Waals surface area (Å²) in [7, 11) is 0. The molecule has 84 heavy (non-hydrogen) atoms. The number of nitrogens with zero attached hydrogens (tertiary/aromatic N) is 6. The second-order valence-corrected chi connectivity index (χ2v) is 22.0. The SMILES string of the molecule is c1ccc(-n2c(-c3ccc(-c4nc(-c5ccc(-c6nc7ccccc7n6-c6ccccc6)cc5)c5cc(-c6ccc7c8c(cccc68)-c6ccccc6-7)cc(-c6ccc7c8c(cccc68)-c6ccccc6-7)c5n4)cc3)nc3ccccc32)cc1. The van der Waals surface area contributed by atoms with E-state index in [9.17, 15) is 0 Å². The molecular formula is C78H46N6. The number of hydrogen-bond acceptors (Lipinski definition) is 4. The molecule has 2 aliphatic carbocycles. The van der Waals surface area contributed by atoms with Gasteiger partial charge in [0.1, 0.15) is 11.6 Å². The molecule has 0 bridgehead atoms. The van der Waals surface area contributed by atoms with E-state index in [1.165, 1.54) is 66.1 Å². The van der Waals surface area contributed by atoms with Crippen LogP contribution in [0.4, 0.5) is 0 Å². The summed E-state index contributed by atoms with van der Waals surface area (Å²) < 4.78 is 4.50. The van der Waals surface area contributed by atoms with Crippen LogP contribution in [0.2, 0.25) is 0 Å². The number of para-hydroxylation sites is 6. The smallest absolute Gasteiger partial charge is 0.160 e. The van der Waals surface area contributed by atoms with E-state index in [4.69, 9.17) is 19.9 Å². The highest BCUT2D eigenvalue weighted by molar-refractivity contribution is 6.22. The van der Waals surface area contributed by atoms with E-state index in [1.54, 1.807) is 0 Å². The molecule has 16 aromatic rings. The van der Waals surface area contributed by atoms with Crippen LogP contribution in [0.1, 0.15) is 0 Å². The third-order valence-electron chi connectivity index (χ3n) is 17.5. The van der Waals surface area contributed by atoms with Crippen LogP contribution in [-0.4, -0.2) is 29.1 Å². The van der Waals surface area contributed by atoms with Gasteiger partial charge in [0, 0.05) is 44.6 Å². The van der Waals surface area contributed by atoms with Crippen LogP contribution in [0.15, 0.2) is 279 Å². The van der Waals surface area contributed by atoms with Gasteiger partial charge in [0.05, 0.1) is 33.3 Å². The highest BCUT2D eigenvalue weighted by atomic mass is 15.1. The summed E-state index contributed by atoms with van der Waals surface area (Å²) in [5.74, 6) is 2.37. The Bertz CT molecular complexity index is 5350. The zero-order valence-electron chi connectivity index (χ0n) is 45.2. The lowest BCUT2D eigenvalue weighted by atomic mass is 9.88. The Labute approximate surface area is 483 Å². The van der Waals surface area contributed by atoms with Crippen LogP contribution in [0.5, 0.6) is 0 Å². The number of fused-ring (bicyclic) bond motifs is 9. The molecule has 0 aliphatic heterocycles. The zero-order chi connectivity index (χ0) is 55.0. The van der Waals surface area contributed by atoms with Gasteiger partial charge in [-0.05, 0) is 143 Å². The Balaban J connectivity index is 0.889. The Morgan fingerprint density at radius 1 is 0.238 bits per heavy atom. The van der Waals surface area contributed by atoms with Crippen molar-refractivity contribution in [3.63, 3.8) is 0 Å². The Hall–Kier alpha value is -11.3. The predicted molar refractivity (Wildman–Crippen MR) is 345 cm³/mol. The predicted octanol–water partition coefficient (Wildman–Crippen LogP) is 19.9. The molecule has 0 fully saturated rings. The first kappa shape index (κ1) is 46.4. The number of imidazole rings is 2. The van der Waals surface area contributed by atoms with Gasteiger partial charge < -0.3 is 0 Å². The summed E-state index contributed by atoms with van der Waals surface area (Å²) in [5, 5.41) is 5.91. The molecule has 0 amide bonds. The van der Waals surface area contributed by atoms with Crippen LogP contribution in [-0.2, 0) is 0 Å². The first-order valence-electron chi connectivity index (χ1n) is 28.6. The van der Waals surface area contributed by atoms with E-state index in [1.807, 2.05) is 6.07 Å². The third kappa shape index (κ3) is 6.92. The molecule has 18 rings (SSSR count). The molecule has 388 valence electrons. The van der Waals surface area contributed by atoms with Crippen LogP contribution >= 0.6 is 0 Å². The Morgan fingerprint density at radius 3 is 1.19 bits per heavy atom. The van der Waals surface area contributed by atoms with E-state index in [0.29, 0.717) is 5.82 Å². The van der Waals surface area contributed by atoms with Crippen molar-refractivity contribution in [2.24, 2.45) is 0 Å². The lowest BCUT2D eigenvalue weighted by molar-refractivity contribution is 1.10. The van der Waals surface area contributed by atoms with E-state index in [2.05, 4.69) is 282 Å². The van der Waals surface area contributed by atoms with Crippen molar-refractivity contribution in [3.05, 3.63) is 279 Å². The number of aromatic nitrogens is 6. The van der Waals surface area contributed by atoms with Crippen molar-refractivity contribution in [1.29, 1.82) is 0 Å². The monoisotopic (exact) mass is 1070 g/mol. The molecule has 0 radical (unpaired) electrons. The minimum atomic E-state index is 0.631. The average molecular weight is 1070 g/mol. The Kier molecular flexibility index (Phi) is 9.99. The fraction of sp³-hybridized carbons (Fsp3) is 0. The number of benzene rings is 13. The normalized spacial score (nSPS) is 12.0. The molecule has 0 atom stereocenters. The standard InChI is InChI=1S/C78H46N6/c1-3-17-52(18-4-1)83-70-31-13-11-29-68(70)79-77(83)49-37-33-47(34-38-49)74-67-46-51(54-41-43-64-57-23-9-7-21-55(57)61-26-15-25-60(54)72(61)64)45-66(59-42-44-65-58-24-10-8-22-56(58)62-27-16-28-63(59)73(62)65)75(67)82-76(81-74)48-35-39-50(40-36-48)78-80-69-30-12-14-32-71(69)84(78)53-19-5-2-6-20-53/h1-46H. The molecule has 2 aliphatic rings. The topological polar surface area (TPSA) is 61.4 Å². The summed E-state index contributed by atoms with van der Waals surface area (Å²) in [5.41, 5.74) is 26.2. The quantitative estimate of drug-likeness (QED) is 0.152. The molecular weight excluding hydrogens is 1020 g/mol. The van der Waals surface area contributed by atoms with Crippen LogP contribution < -0.4 is 0 Å². The average Bonchev–Trinajstić information content (AvgIpc) is 3.77. The lowest BCUT2D eigenvalue weighted by Gasteiger charge is -2.18. The molecule has 0 spiro atoms. The molecule has 0 saturated carbocycles. The maximum absolute atomic E-state index is 5.77. The maximum Gasteiger partial charge on any atom is 0.160 e. The van der Waals surface area contributed by atoms with Crippen molar-refractivity contribution in [2.45, 2.75) is 0 Å². The van der Waals surface area contributed by atoms with Crippen molar-refractivity contribution in [3.8, 4) is 124 Å². The highest BCUT2D eigenvalue weighted by Gasteiger charge is 2.27. The third-order valence-corrected chi connectivity index (χ3v) is 17.5. The molecule has 3 aromatic heterocycles. The molecule has 13 aromatic carbocycles. The molecule has 6 nitrogen and oxygen atoms in total. The fourth-order valence-electron chi connectivity index (χ4n) is 13.7. The van der Waals surface area contributed by atoms with Gasteiger partial charge >= 0.3 is 0 Å². The summed E-state index contributed by atoms with van der Waals surface area (Å²) in [6, 6.07) is 100. The van der Waals surface area contributed by atoms with Gasteiger partial charge in [0.2, 0.25) is 0 Å². The summed E-state index contributed by atoms with van der Waals surface area (Å²) in [4.78, 5) is 22.0. The lowest BCUT2D eigenvalue weighted by Crippen LogP contribution is -2.00. The fourth-order valence-corrected chi connectivity index (χ4v) is 13.7. The Morgan fingerprint density at radius 2 is 0.655 bits per heavy atom. The van der Waals surface area contributed by atoms with Gasteiger partial charge in [-0.15, -0.1) is 0 Å². The summed E-state index contributed by atoms with van der Waals surface area (Å²) in [6.45, 7) is 0. The highest BCUT2D eigenvalue weighted by Crippen LogP contribution is 2.53. The van der Waals surface area contributed by atoms with Gasteiger partial charge in [0.15, 0.2) is 5.82 Å². The van der Waals surface area contributed by atoms with Gasteiger partial charge in [-0.25, -0.2) is 19.9 Å². The van der Waals surface area contributed by atoms with Crippen molar-refractivity contribution < 1.29 is 0 Å². The van der Waals surface area contributed by atoms with Gasteiger partial charge in [-0.3, -0.25) is 9.13 Å². The minimum Gasteiger partial charge on any atom is -0.292 e. The second kappa shape index (κ2) is 18.1. The number of hydrogen-bond donors (Lipinski definition) is 0. The van der Waals surface area contributed by atoms with Crippen LogP contribution in [0.25, 0.3) is 178 Å². The molecule has 6 heteroatoms. The summed E-state index contributed by atoms with van der Waals surface area (Å²) in [6.07, 6.45) is 0. The molecule has 3 heterocycles. The van der Waals surface area contributed by atoms with Gasteiger partial charge in [0.25, 0.3) is 0 Å². The zero-order valence-corrected chi connectivity index (χ0v) is 45.2. The number of rotatable bonds is 8. The molecule has 0 saturated heterocycles. The van der Waals surface area contributed by atoms with Crippen LogP contribution in [0.3, 0.4) is 0 Å². The van der Waals surface area contributed by atoms with E-state index in [0.717, 1.165) is 106 Å². The minimum absolute atomic E-state index is 0.631. The first-order valence-corrected chi connectivity index (χ1v) is 28.6. The molecule has 0 unspecified atom stereocenters. The largest absolute Gasteiger partial charge is 0.292 e. The van der Waals surface area contributed by atoms with Crippen molar-refractivity contribution in [2.75, 3.05) is 0 Å². The van der Waals surface area contributed by atoms with Gasteiger partial charge in [-0.2, -0.15) is 0 Å². The second-order valence-electron chi connectivity index (χ2n) is 22.0. The first-order chi connectivity index (χ1) is 41.7. The van der Waals surface area contributed by atoms with Crippen molar-refractivity contribution >= 4 is 54.5 Å². The van der Waals surface area contributed by atoms with Crippen molar-refractivity contribution in [1.82, 2.24) is 29.1 Å². The maximum atomic E-state index is 5.77. The van der Waals surface area contributed by atoms with Gasteiger partial charge in [-0.1, -0.05) is 218 Å². The van der Waals surface area contributed by atoms with E-state index < -0.39 is 0 Å². The van der Waals surface area contributed by atoms with E-state index in [-0.39, 0.29) is 0 Å². The van der Waals surface area contributed by atoms with Crippen LogP contribution in [0, 0.1) is 0 Å². The molecule has 0 N–H and O–H groups in total. The van der Waals surface area contributed by atoms with E-state index >= 15 is 0 Å². The summed E-state index contributed by atoms with van der Waals surface area (Å²) >= 11 is 0.